The lowest BCUT2D eigenvalue weighted by Gasteiger charge is -2.06. The molecule has 5 aromatic carbocycles. The van der Waals surface area contributed by atoms with E-state index in [0.717, 1.165) is 44.2 Å². The largest absolute Gasteiger partial charge is 0.454 e. The number of anilines is 1. The molecular weight excluding hydrogens is 578 g/mol. The minimum Gasteiger partial charge on any atom is -0.454 e. The van der Waals surface area contributed by atoms with E-state index in [9.17, 15) is 0 Å². The summed E-state index contributed by atoms with van der Waals surface area (Å²) in [4.78, 5) is 0. The number of nitrogens with one attached hydrogen (secondary N) is 1. The van der Waals surface area contributed by atoms with Crippen molar-refractivity contribution in [3.8, 4) is 16.8 Å². The molecule has 0 bridgehead atoms. The molecule has 0 radical (unpaired) electrons. The number of allylic oxidation sites excluding steroid dienone is 2. The zero-order valence-electron chi connectivity index (χ0n) is 26.5. The van der Waals surface area contributed by atoms with Gasteiger partial charge in [0.05, 0.1) is 11.2 Å². The van der Waals surface area contributed by atoms with Crippen LogP contribution in [0.25, 0.3) is 49.7 Å². The molecule has 234 valence electrons. The van der Waals surface area contributed by atoms with Gasteiger partial charge in [0.25, 0.3) is 0 Å². The first-order chi connectivity index (χ1) is 22.8. The second-order valence-corrected chi connectivity index (χ2v) is 11.0. The fraction of sp³-hybridized carbons (Fsp3) is 0.0488. The number of nitrogens with two attached hydrogens (primary N) is 3. The lowest BCUT2D eigenvalue weighted by molar-refractivity contribution is 0.666. The highest BCUT2D eigenvalue weighted by Gasteiger charge is 2.14. The highest BCUT2D eigenvalue weighted by atomic mass is 16.3. The Morgan fingerprint density at radius 3 is 2.26 bits per heavy atom. The van der Waals surface area contributed by atoms with Crippen molar-refractivity contribution >= 4 is 44.4 Å². The van der Waals surface area contributed by atoms with Crippen LogP contribution in [0.5, 0.6) is 0 Å². The van der Waals surface area contributed by atoms with Crippen LogP contribution in [0.15, 0.2) is 163 Å². The lowest BCUT2D eigenvalue weighted by atomic mass is 10.0. The first-order valence-corrected chi connectivity index (χ1v) is 15.3. The minimum atomic E-state index is 0.0184. The summed E-state index contributed by atoms with van der Waals surface area (Å²) in [6.45, 7) is 9.68. The fourth-order valence-electron chi connectivity index (χ4n) is 5.36. The predicted octanol–water partition coefficient (Wildman–Crippen LogP) is 9.45. The topological polar surface area (TPSA) is 120 Å². The third-order valence-corrected chi connectivity index (χ3v) is 7.71. The number of aryl methyl sites for hydroxylation is 1. The number of hydrogen-bond donors (Lipinski definition) is 4. The summed E-state index contributed by atoms with van der Waals surface area (Å²) < 4.78 is 8.52. The van der Waals surface area contributed by atoms with Crippen molar-refractivity contribution in [2.75, 3.05) is 5.73 Å². The summed E-state index contributed by atoms with van der Waals surface area (Å²) in [7, 11) is 0. The number of fused-ring (bicyclic) bond motifs is 4. The van der Waals surface area contributed by atoms with Crippen LogP contribution in [0.3, 0.4) is 0 Å². The van der Waals surface area contributed by atoms with Crippen molar-refractivity contribution in [2.45, 2.75) is 13.5 Å². The van der Waals surface area contributed by atoms with Gasteiger partial charge in [0.2, 0.25) is 0 Å². The molecular formula is C41H39N5O. The summed E-state index contributed by atoms with van der Waals surface area (Å²) in [5, 5.41) is 10.3. The average Bonchev–Trinajstić information content (AvgIpc) is 3.68. The summed E-state index contributed by atoms with van der Waals surface area (Å²) >= 11 is 0. The molecule has 7 N–H and O–H groups in total. The van der Waals surface area contributed by atoms with Crippen LogP contribution >= 0.6 is 0 Å². The molecule has 0 spiro atoms. The number of amidine groups is 1. The third kappa shape index (κ3) is 7.41. The molecule has 0 fully saturated rings. The normalized spacial score (nSPS) is 11.0. The molecule has 0 saturated heterocycles. The monoisotopic (exact) mass is 617 g/mol. The number of nitrogen functional groups attached to an aromatic ring is 1. The molecule has 7 rings (SSSR count). The van der Waals surface area contributed by atoms with E-state index < -0.39 is 0 Å². The Bertz CT molecular complexity index is 2220. The molecule has 0 aliphatic rings. The second kappa shape index (κ2) is 14.8. The van der Waals surface area contributed by atoms with Crippen LogP contribution in [0, 0.1) is 12.3 Å². The van der Waals surface area contributed by atoms with Gasteiger partial charge in [-0.15, -0.1) is 0 Å². The van der Waals surface area contributed by atoms with Crippen molar-refractivity contribution in [2.24, 2.45) is 11.5 Å². The Labute approximate surface area is 275 Å². The molecule has 2 heterocycles. The minimum absolute atomic E-state index is 0.0184. The first kappa shape index (κ1) is 32.3. The maximum atomic E-state index is 6.95. The summed E-state index contributed by atoms with van der Waals surface area (Å²) in [6.07, 6.45) is 6.79. The van der Waals surface area contributed by atoms with Gasteiger partial charge in [0.15, 0.2) is 5.58 Å². The molecule has 2 aromatic heterocycles. The molecule has 0 aliphatic carbocycles. The highest BCUT2D eigenvalue weighted by Crippen LogP contribution is 2.36. The Hall–Kier alpha value is -6.11. The van der Waals surface area contributed by atoms with Crippen LogP contribution in [0.2, 0.25) is 0 Å². The van der Waals surface area contributed by atoms with Gasteiger partial charge in [-0.2, -0.15) is 0 Å². The molecule has 7 aromatic rings. The van der Waals surface area contributed by atoms with Gasteiger partial charge in [0.1, 0.15) is 11.4 Å². The van der Waals surface area contributed by atoms with Gasteiger partial charge in [-0.25, -0.2) is 0 Å². The lowest BCUT2D eigenvalue weighted by Crippen LogP contribution is -2.10. The number of rotatable bonds is 6. The Morgan fingerprint density at radius 1 is 0.830 bits per heavy atom. The maximum absolute atomic E-state index is 6.95. The van der Waals surface area contributed by atoms with Crippen LogP contribution in [-0.2, 0) is 6.54 Å². The van der Waals surface area contributed by atoms with E-state index in [1.54, 1.807) is 12.2 Å². The van der Waals surface area contributed by atoms with Crippen molar-refractivity contribution in [3.05, 3.63) is 170 Å². The highest BCUT2D eigenvalue weighted by molar-refractivity contribution is 6.09. The van der Waals surface area contributed by atoms with Gasteiger partial charge in [-0.3, -0.25) is 5.41 Å². The van der Waals surface area contributed by atoms with Gasteiger partial charge in [-0.05, 0) is 66.1 Å². The van der Waals surface area contributed by atoms with Gasteiger partial charge in [0, 0.05) is 40.2 Å². The molecule has 0 atom stereocenters. The fourth-order valence-corrected chi connectivity index (χ4v) is 5.36. The Balaban J connectivity index is 0.000000210. The number of benzene rings is 5. The molecule has 6 heteroatoms. The van der Waals surface area contributed by atoms with Crippen LogP contribution in [0.4, 0.5) is 5.69 Å². The van der Waals surface area contributed by atoms with E-state index >= 15 is 0 Å². The molecule has 0 unspecified atom stereocenters. The number of aromatic nitrogens is 1. The summed E-state index contributed by atoms with van der Waals surface area (Å²) in [5.74, 6) is 0.0184. The number of hydrogen-bond acceptors (Lipinski definition) is 4. The second-order valence-electron chi connectivity index (χ2n) is 11.0. The molecule has 0 aliphatic heterocycles. The van der Waals surface area contributed by atoms with Crippen molar-refractivity contribution in [1.29, 1.82) is 5.41 Å². The smallest absolute Gasteiger partial charge is 0.159 e. The Morgan fingerprint density at radius 2 is 1.60 bits per heavy atom. The molecule has 0 saturated carbocycles. The van der Waals surface area contributed by atoms with Gasteiger partial charge < -0.3 is 26.2 Å². The van der Waals surface area contributed by atoms with Gasteiger partial charge in [-0.1, -0.05) is 110 Å². The third-order valence-electron chi connectivity index (χ3n) is 7.71. The van der Waals surface area contributed by atoms with Crippen molar-refractivity contribution < 1.29 is 4.42 Å². The molecule has 0 amide bonds. The predicted molar refractivity (Wildman–Crippen MR) is 200 cm³/mol. The maximum Gasteiger partial charge on any atom is 0.159 e. The number of para-hydroxylation sites is 1. The average molecular weight is 618 g/mol. The summed E-state index contributed by atoms with van der Waals surface area (Å²) in [5.41, 5.74) is 26.6. The van der Waals surface area contributed by atoms with Gasteiger partial charge >= 0.3 is 0 Å². The quantitative estimate of drug-likeness (QED) is 0.0643. The molecule has 6 nitrogen and oxygen atoms in total. The van der Waals surface area contributed by atoms with E-state index in [4.69, 9.17) is 27.0 Å². The van der Waals surface area contributed by atoms with Crippen molar-refractivity contribution in [1.82, 2.24) is 4.57 Å². The Kier molecular flexibility index (Phi) is 10.2. The van der Waals surface area contributed by atoms with Crippen LogP contribution < -0.4 is 17.2 Å². The van der Waals surface area contributed by atoms with E-state index in [2.05, 4.69) is 104 Å². The molecule has 47 heavy (non-hydrogen) atoms. The summed E-state index contributed by atoms with van der Waals surface area (Å²) in [6, 6.07) is 39.4. The van der Waals surface area contributed by atoms with E-state index in [-0.39, 0.29) is 5.84 Å². The van der Waals surface area contributed by atoms with Crippen LogP contribution in [0.1, 0.15) is 11.1 Å². The van der Waals surface area contributed by atoms with E-state index in [1.165, 1.54) is 28.3 Å². The van der Waals surface area contributed by atoms with E-state index in [0.29, 0.717) is 12.1 Å². The zero-order chi connectivity index (χ0) is 33.3. The standard InChI is InChI=1S/C27H20N2O.C7H10N2.C7H9N/c1-17-4-2-5-18(14-17)19-8-11-26-23(16-19)22-6-3-7-25(27(22)30-26)29-13-12-20-15-21(28)9-10-24(20)29;1-3-5-6(4-2)7(8)9;8-6-7-4-2-1-3-5-7/h2-16H,28H2,1H3;3-5H,1-2H2,(H3,8,9);1-5H,6,8H2/b;6-5+;. The van der Waals surface area contributed by atoms with Crippen molar-refractivity contribution in [3.63, 3.8) is 0 Å². The number of furan rings is 1. The number of nitrogens with zero attached hydrogens (tertiary/aromatic N) is 1. The first-order valence-electron chi connectivity index (χ1n) is 15.3. The van der Waals surface area contributed by atoms with Crippen LogP contribution in [-0.4, -0.2) is 10.4 Å². The zero-order valence-corrected chi connectivity index (χ0v) is 26.5. The SMILES string of the molecule is C=C/C=C(\C=C)C(=N)N.Cc1cccc(-c2ccc3oc4c(-n5ccc6cc(N)ccc65)cccc4c3c2)c1.NCc1ccccc1. The van der Waals surface area contributed by atoms with E-state index in [1.807, 2.05) is 42.5 Å².